The summed E-state index contributed by atoms with van der Waals surface area (Å²) in [5, 5.41) is 0. The van der Waals surface area contributed by atoms with E-state index >= 15 is 0 Å². The molecule has 1 heteroatoms. The highest BCUT2D eigenvalue weighted by atomic mass is 14.8. The number of fused-ring (bicyclic) bond motifs is 1. The lowest BCUT2D eigenvalue weighted by Gasteiger charge is -2.01. The minimum atomic E-state index is 0.418. The van der Waals surface area contributed by atoms with E-state index in [1.807, 2.05) is 0 Å². The molecule has 0 saturated carbocycles. The third-order valence-electron chi connectivity index (χ3n) is 2.37. The second-order valence-corrected chi connectivity index (χ2v) is 3.83. The average Bonchev–Trinajstić information content (AvgIpc) is 2.48. The van der Waals surface area contributed by atoms with Gasteiger partial charge < -0.3 is 0 Å². The summed E-state index contributed by atoms with van der Waals surface area (Å²) >= 11 is 0. The predicted molar refractivity (Wildman–Crippen MR) is 56.4 cm³/mol. The van der Waals surface area contributed by atoms with E-state index in [9.17, 15) is 0 Å². The molecule has 0 heterocycles. The molecule has 0 N–H and O–H groups in total. The number of aryl methyl sites for hydroxylation is 1. The van der Waals surface area contributed by atoms with Crippen LogP contribution < -0.4 is 0 Å². The summed E-state index contributed by atoms with van der Waals surface area (Å²) in [5.74, 6) is 0. The van der Waals surface area contributed by atoms with E-state index in [1.54, 1.807) is 0 Å². The van der Waals surface area contributed by atoms with Crippen molar-refractivity contribution in [3.8, 4) is 0 Å². The van der Waals surface area contributed by atoms with E-state index in [2.05, 4.69) is 43.1 Å². The van der Waals surface area contributed by atoms with E-state index in [0.29, 0.717) is 6.04 Å². The van der Waals surface area contributed by atoms with E-state index in [-0.39, 0.29) is 0 Å². The SMILES string of the molecule is CC(C)N=C1CCc2ccccc21. The van der Waals surface area contributed by atoms with Gasteiger partial charge in [0.2, 0.25) is 0 Å². The van der Waals surface area contributed by atoms with Crippen LogP contribution in [-0.2, 0) is 6.42 Å². The molecule has 0 aromatic heterocycles. The second-order valence-electron chi connectivity index (χ2n) is 3.83. The Kier molecular flexibility index (Phi) is 2.17. The fraction of sp³-hybridized carbons (Fsp3) is 0.417. The molecule has 68 valence electrons. The highest BCUT2D eigenvalue weighted by molar-refractivity contribution is 6.04. The van der Waals surface area contributed by atoms with Crippen LogP contribution in [0.15, 0.2) is 29.3 Å². The van der Waals surface area contributed by atoms with Crippen molar-refractivity contribution >= 4 is 5.71 Å². The standard InChI is InChI=1S/C12H15N/c1-9(2)13-12-8-7-10-5-3-4-6-11(10)12/h3-6,9H,7-8H2,1-2H3. The average molecular weight is 173 g/mol. The van der Waals surface area contributed by atoms with Gasteiger partial charge in [-0.05, 0) is 37.8 Å². The summed E-state index contributed by atoms with van der Waals surface area (Å²) in [6.45, 7) is 4.27. The molecule has 0 unspecified atom stereocenters. The van der Waals surface area contributed by atoms with Crippen LogP contribution in [0.25, 0.3) is 0 Å². The summed E-state index contributed by atoms with van der Waals surface area (Å²) in [7, 11) is 0. The fourth-order valence-electron chi connectivity index (χ4n) is 1.85. The van der Waals surface area contributed by atoms with Crippen molar-refractivity contribution < 1.29 is 0 Å². The van der Waals surface area contributed by atoms with E-state index < -0.39 is 0 Å². The minimum Gasteiger partial charge on any atom is -0.286 e. The Morgan fingerprint density at radius 1 is 1.15 bits per heavy atom. The van der Waals surface area contributed by atoms with Gasteiger partial charge in [-0.3, -0.25) is 4.99 Å². The Bertz CT molecular complexity index is 337. The van der Waals surface area contributed by atoms with Gasteiger partial charge in [0.1, 0.15) is 0 Å². The molecule has 0 saturated heterocycles. The molecule has 13 heavy (non-hydrogen) atoms. The first kappa shape index (κ1) is 8.49. The van der Waals surface area contributed by atoms with Crippen molar-refractivity contribution in [3.05, 3.63) is 35.4 Å². The third-order valence-corrected chi connectivity index (χ3v) is 2.37. The summed E-state index contributed by atoms with van der Waals surface area (Å²) < 4.78 is 0. The number of nitrogens with zero attached hydrogens (tertiary/aromatic N) is 1. The van der Waals surface area contributed by atoms with Gasteiger partial charge in [0.25, 0.3) is 0 Å². The monoisotopic (exact) mass is 173 g/mol. The first-order chi connectivity index (χ1) is 6.27. The maximum Gasteiger partial charge on any atom is 0.0446 e. The Morgan fingerprint density at radius 3 is 2.69 bits per heavy atom. The molecule has 1 aromatic carbocycles. The van der Waals surface area contributed by atoms with Crippen LogP contribution in [0.4, 0.5) is 0 Å². The van der Waals surface area contributed by atoms with Gasteiger partial charge >= 0.3 is 0 Å². The fourth-order valence-corrected chi connectivity index (χ4v) is 1.85. The van der Waals surface area contributed by atoms with Crippen LogP contribution in [-0.4, -0.2) is 11.8 Å². The molecule has 1 aromatic rings. The zero-order chi connectivity index (χ0) is 9.26. The largest absolute Gasteiger partial charge is 0.286 e. The molecule has 0 spiro atoms. The highest BCUT2D eigenvalue weighted by Gasteiger charge is 2.16. The van der Waals surface area contributed by atoms with Gasteiger partial charge in [0, 0.05) is 11.8 Å². The lowest BCUT2D eigenvalue weighted by atomic mass is 10.1. The lowest BCUT2D eigenvalue weighted by Crippen LogP contribution is -1.99. The summed E-state index contributed by atoms with van der Waals surface area (Å²) in [6.07, 6.45) is 2.29. The van der Waals surface area contributed by atoms with Crippen molar-refractivity contribution in [2.45, 2.75) is 32.7 Å². The van der Waals surface area contributed by atoms with Gasteiger partial charge in [-0.2, -0.15) is 0 Å². The van der Waals surface area contributed by atoms with Gasteiger partial charge in [0.15, 0.2) is 0 Å². The number of aliphatic imine (C=N–C) groups is 1. The molecule has 0 fully saturated rings. The molecule has 0 bridgehead atoms. The number of rotatable bonds is 1. The van der Waals surface area contributed by atoms with Crippen molar-refractivity contribution in [1.29, 1.82) is 0 Å². The number of hydrogen-bond donors (Lipinski definition) is 0. The van der Waals surface area contributed by atoms with Crippen molar-refractivity contribution in [1.82, 2.24) is 0 Å². The topological polar surface area (TPSA) is 12.4 Å². The molecule has 0 amide bonds. The van der Waals surface area contributed by atoms with Crippen molar-refractivity contribution in [2.75, 3.05) is 0 Å². The Hall–Kier alpha value is -1.11. The van der Waals surface area contributed by atoms with Crippen LogP contribution in [0.5, 0.6) is 0 Å². The molecule has 1 aliphatic rings. The maximum atomic E-state index is 4.63. The van der Waals surface area contributed by atoms with Crippen LogP contribution in [0, 0.1) is 0 Å². The Morgan fingerprint density at radius 2 is 1.92 bits per heavy atom. The highest BCUT2D eigenvalue weighted by Crippen LogP contribution is 2.22. The van der Waals surface area contributed by atoms with Gasteiger partial charge in [-0.25, -0.2) is 0 Å². The zero-order valence-electron chi connectivity index (χ0n) is 8.25. The normalized spacial score (nSPS) is 18.2. The van der Waals surface area contributed by atoms with E-state index in [1.165, 1.54) is 23.3 Å². The van der Waals surface area contributed by atoms with Crippen LogP contribution >= 0.6 is 0 Å². The smallest absolute Gasteiger partial charge is 0.0446 e. The van der Waals surface area contributed by atoms with Crippen molar-refractivity contribution in [3.63, 3.8) is 0 Å². The van der Waals surface area contributed by atoms with Crippen LogP contribution in [0.2, 0.25) is 0 Å². The quantitative estimate of drug-likeness (QED) is 0.619. The molecular weight excluding hydrogens is 158 g/mol. The van der Waals surface area contributed by atoms with Gasteiger partial charge in [-0.15, -0.1) is 0 Å². The van der Waals surface area contributed by atoms with E-state index in [4.69, 9.17) is 0 Å². The van der Waals surface area contributed by atoms with Crippen LogP contribution in [0.1, 0.15) is 31.4 Å². The Balaban J connectivity index is 2.38. The molecule has 1 nitrogen and oxygen atoms in total. The summed E-state index contributed by atoms with van der Waals surface area (Å²) in [6, 6.07) is 9.01. The summed E-state index contributed by atoms with van der Waals surface area (Å²) in [4.78, 5) is 4.63. The first-order valence-electron chi connectivity index (χ1n) is 4.92. The molecule has 2 rings (SSSR count). The maximum absolute atomic E-state index is 4.63. The molecule has 0 aliphatic heterocycles. The van der Waals surface area contributed by atoms with Gasteiger partial charge in [-0.1, -0.05) is 24.3 Å². The first-order valence-corrected chi connectivity index (χ1v) is 4.92. The minimum absolute atomic E-state index is 0.418. The molecule has 0 radical (unpaired) electrons. The zero-order valence-corrected chi connectivity index (χ0v) is 8.25. The molecule has 0 atom stereocenters. The lowest BCUT2D eigenvalue weighted by molar-refractivity contribution is 0.831. The molecule has 1 aliphatic carbocycles. The Labute approximate surface area is 79.5 Å². The predicted octanol–water partition coefficient (Wildman–Crippen LogP) is 2.83. The van der Waals surface area contributed by atoms with Crippen molar-refractivity contribution in [2.24, 2.45) is 4.99 Å². The second kappa shape index (κ2) is 3.33. The number of hydrogen-bond acceptors (Lipinski definition) is 1. The van der Waals surface area contributed by atoms with Crippen LogP contribution in [0.3, 0.4) is 0 Å². The number of benzene rings is 1. The third kappa shape index (κ3) is 1.64. The summed E-state index contributed by atoms with van der Waals surface area (Å²) in [5.41, 5.74) is 4.13. The van der Waals surface area contributed by atoms with Gasteiger partial charge in [0.05, 0.1) is 0 Å². The van der Waals surface area contributed by atoms with E-state index in [0.717, 1.165) is 6.42 Å². The molecular formula is C12H15N.